The smallest absolute Gasteiger partial charge is 0 e. The first kappa shape index (κ1) is 1100. The molecule has 0 unspecified atom stereocenters. The minimum atomic E-state index is 0. The van der Waals surface area contributed by atoms with Crippen molar-refractivity contribution in [3.05, 3.63) is 36.9 Å². The van der Waals surface area contributed by atoms with Gasteiger partial charge in [0.15, 0.2) is 0 Å². The molecule has 0 fully saturated rings. The van der Waals surface area contributed by atoms with E-state index in [-0.39, 0.29) is 78.2 Å². The standard InChI is InChI=1S/2ClH.6H2N.Ni/h2*1H;6*1H2;/q;;6*-1;/p-2. The topological polar surface area (TPSA) is 201 Å². The molecule has 74 valence electrons. The van der Waals surface area contributed by atoms with Gasteiger partial charge in [-0.1, -0.05) is 0 Å². The zero-order valence-corrected chi connectivity index (χ0v) is 7.04. The van der Waals surface area contributed by atoms with E-state index in [0.29, 0.717) is 0 Å². The number of hydrogen-bond donors (Lipinski definition) is 0. The summed E-state index contributed by atoms with van der Waals surface area (Å²) in [5.74, 6) is 0. The minimum absolute atomic E-state index is 0. The number of halogens is 2. The van der Waals surface area contributed by atoms with E-state index in [1.54, 1.807) is 0 Å². The second-order valence-electron chi connectivity index (χ2n) is 0. The summed E-state index contributed by atoms with van der Waals surface area (Å²) in [4.78, 5) is 0. The fourth-order valence-electron chi connectivity index (χ4n) is 0. The van der Waals surface area contributed by atoms with Gasteiger partial charge in [-0.25, -0.2) is 0 Å². The molecule has 0 radical (unpaired) electrons. The van der Waals surface area contributed by atoms with Crippen LogP contribution in [0.1, 0.15) is 0 Å². The van der Waals surface area contributed by atoms with Gasteiger partial charge >= 0.3 is 0 Å². The van der Waals surface area contributed by atoms with Crippen molar-refractivity contribution >= 4 is 0 Å². The van der Waals surface area contributed by atoms with Crippen LogP contribution in [0, 0.1) is 0 Å². The van der Waals surface area contributed by atoms with Crippen LogP contribution in [0.15, 0.2) is 0 Å². The van der Waals surface area contributed by atoms with Crippen LogP contribution in [-0.2, 0) is 16.5 Å². The third-order valence-electron chi connectivity index (χ3n) is 0. The van der Waals surface area contributed by atoms with Crippen molar-refractivity contribution in [1.82, 2.24) is 0 Å². The predicted molar refractivity (Wildman–Crippen MR) is 31.7 cm³/mol. The predicted octanol–water partition coefficient (Wildman–Crippen LogP) is -1.69. The zero-order chi connectivity index (χ0) is 0. The molecular formula is H12Cl2N6Ni-8. The molecule has 0 rings (SSSR count). The first-order chi connectivity index (χ1) is 0. The van der Waals surface area contributed by atoms with Crippen molar-refractivity contribution in [2.45, 2.75) is 0 Å². The van der Waals surface area contributed by atoms with E-state index >= 15 is 0 Å². The largest absolute Gasteiger partial charge is 1.00 e. The molecule has 0 aromatic carbocycles. The van der Waals surface area contributed by atoms with Gasteiger partial charge in [0.2, 0.25) is 0 Å². The van der Waals surface area contributed by atoms with E-state index in [1.165, 1.54) is 0 Å². The molecule has 0 atom stereocenters. The molecule has 0 aliphatic rings. The molecule has 0 heterocycles. The summed E-state index contributed by atoms with van der Waals surface area (Å²) >= 11 is 0. The zero-order valence-electron chi connectivity index (χ0n) is 4.54. The maximum Gasteiger partial charge on any atom is 0 e. The van der Waals surface area contributed by atoms with Crippen molar-refractivity contribution in [2.75, 3.05) is 0 Å². The third kappa shape index (κ3) is 594. The molecule has 0 aromatic heterocycles. The Morgan fingerprint density at radius 1 is 0.333 bits per heavy atom. The molecule has 0 aromatic rings. The summed E-state index contributed by atoms with van der Waals surface area (Å²) in [6, 6.07) is 0. The van der Waals surface area contributed by atoms with E-state index in [9.17, 15) is 0 Å². The number of rotatable bonds is 0. The molecule has 0 saturated carbocycles. The van der Waals surface area contributed by atoms with E-state index in [1.807, 2.05) is 0 Å². The molecular weight excluding hydrogens is 214 g/mol. The molecule has 9 heavy (non-hydrogen) atoms. The Balaban J connectivity index is 0. The summed E-state index contributed by atoms with van der Waals surface area (Å²) in [5.41, 5.74) is 0. The first-order valence-electron chi connectivity index (χ1n) is 0. The van der Waals surface area contributed by atoms with Crippen LogP contribution < -0.4 is 24.8 Å². The van der Waals surface area contributed by atoms with E-state index in [0.717, 1.165) is 0 Å². The van der Waals surface area contributed by atoms with Crippen LogP contribution in [0.3, 0.4) is 0 Å². The molecule has 9 heteroatoms. The normalized spacial score (nSPS) is 0. The van der Waals surface area contributed by atoms with Gasteiger partial charge in [0.25, 0.3) is 0 Å². The van der Waals surface area contributed by atoms with E-state index in [2.05, 4.69) is 0 Å². The molecule has 0 aliphatic heterocycles. The van der Waals surface area contributed by atoms with Crippen LogP contribution in [0.25, 0.3) is 36.9 Å². The fraction of sp³-hybridized carbons (Fsp3) is 0. The van der Waals surface area contributed by atoms with Gasteiger partial charge in [0.1, 0.15) is 0 Å². The van der Waals surface area contributed by atoms with E-state index in [4.69, 9.17) is 0 Å². The average molecular weight is 226 g/mol. The molecule has 0 saturated heterocycles. The van der Waals surface area contributed by atoms with Crippen molar-refractivity contribution in [1.29, 1.82) is 0 Å². The Kier molecular flexibility index (Phi) is 95800. The van der Waals surface area contributed by atoms with Crippen LogP contribution in [0.2, 0.25) is 0 Å². The third-order valence-corrected chi connectivity index (χ3v) is 0. The van der Waals surface area contributed by atoms with Gasteiger partial charge in [-0.15, -0.1) is 0 Å². The van der Waals surface area contributed by atoms with Gasteiger partial charge in [-0.3, -0.25) is 0 Å². The summed E-state index contributed by atoms with van der Waals surface area (Å²) < 4.78 is 0. The fourth-order valence-corrected chi connectivity index (χ4v) is 0. The molecule has 6 nitrogen and oxygen atoms in total. The second kappa shape index (κ2) is 780. The molecule has 0 spiro atoms. The summed E-state index contributed by atoms with van der Waals surface area (Å²) in [7, 11) is 0. The van der Waals surface area contributed by atoms with Gasteiger partial charge < -0.3 is 61.7 Å². The van der Waals surface area contributed by atoms with Crippen LogP contribution >= 0.6 is 0 Å². The monoisotopic (exact) mass is 224 g/mol. The van der Waals surface area contributed by atoms with E-state index < -0.39 is 0 Å². The number of nitrogens with two attached hydrogens (primary N) is 6. The van der Waals surface area contributed by atoms with Crippen molar-refractivity contribution < 1.29 is 41.3 Å². The molecule has 0 aliphatic carbocycles. The average Bonchev–Trinajstić information content (AvgIpc) is 0. The van der Waals surface area contributed by atoms with Gasteiger partial charge in [0, 0.05) is 16.5 Å². The Morgan fingerprint density at radius 2 is 0.333 bits per heavy atom. The first-order valence-corrected chi connectivity index (χ1v) is 0. The van der Waals surface area contributed by atoms with Gasteiger partial charge in [0.05, 0.1) is 0 Å². The van der Waals surface area contributed by atoms with Crippen LogP contribution in [0.4, 0.5) is 0 Å². The van der Waals surface area contributed by atoms with Gasteiger partial charge in [-0.05, 0) is 0 Å². The minimum Gasteiger partial charge on any atom is -1.00 e. The quantitative estimate of drug-likeness (QED) is 0.424. The number of hydrogen-bond acceptors (Lipinski definition) is 0. The summed E-state index contributed by atoms with van der Waals surface area (Å²) in [6.45, 7) is 0. The Labute approximate surface area is 78.5 Å². The maximum absolute atomic E-state index is 0. The second-order valence-corrected chi connectivity index (χ2v) is 0. The Morgan fingerprint density at radius 3 is 0.333 bits per heavy atom. The van der Waals surface area contributed by atoms with Crippen molar-refractivity contribution in [3.63, 3.8) is 0 Å². The van der Waals surface area contributed by atoms with Crippen molar-refractivity contribution in [2.24, 2.45) is 0 Å². The van der Waals surface area contributed by atoms with Crippen LogP contribution in [0.5, 0.6) is 0 Å². The summed E-state index contributed by atoms with van der Waals surface area (Å²) in [5, 5.41) is 0. The van der Waals surface area contributed by atoms with Crippen molar-refractivity contribution in [3.8, 4) is 0 Å². The summed E-state index contributed by atoms with van der Waals surface area (Å²) in [6.07, 6.45) is 0. The maximum atomic E-state index is 0. The van der Waals surface area contributed by atoms with Crippen LogP contribution in [-0.4, -0.2) is 0 Å². The molecule has 12 N–H and O–H groups in total. The molecule has 0 amide bonds. The Bertz CT molecular complexity index is 11.0. The Hall–Kier alpha value is 0.834. The SMILES string of the molecule is [Cl-].[Cl-].[NH2-].[NH2-].[NH2-].[NH2-].[NH2-].[NH2-].[Ni]. The molecule has 0 bridgehead atoms. The van der Waals surface area contributed by atoms with Gasteiger partial charge in [-0.2, -0.15) is 0 Å².